The molecule has 3 aromatic heterocycles. The highest BCUT2D eigenvalue weighted by Gasteiger charge is 2.26. The Hall–Kier alpha value is -3.35. The van der Waals surface area contributed by atoms with Crippen LogP contribution in [0.5, 0.6) is 0 Å². The average Bonchev–Trinajstić information content (AvgIpc) is 3.42. The Morgan fingerprint density at radius 2 is 2.04 bits per heavy atom. The average molecular weight is 359 g/mol. The van der Waals surface area contributed by atoms with Crippen LogP contribution < -0.4 is 10.2 Å². The van der Waals surface area contributed by atoms with Gasteiger partial charge in [-0.05, 0) is 31.0 Å². The van der Waals surface area contributed by atoms with E-state index in [-0.39, 0.29) is 0 Å². The first-order valence-corrected chi connectivity index (χ1v) is 9.20. The third-order valence-corrected chi connectivity index (χ3v) is 5.07. The van der Waals surface area contributed by atoms with Crippen molar-refractivity contribution in [2.24, 2.45) is 0 Å². The Bertz CT molecular complexity index is 1070. The maximum Gasteiger partial charge on any atom is 0.245 e. The van der Waals surface area contributed by atoms with Crippen LogP contribution in [0.3, 0.4) is 0 Å². The van der Waals surface area contributed by atoms with Gasteiger partial charge in [-0.3, -0.25) is 5.10 Å². The number of H-pyrrole nitrogens is 1. The van der Waals surface area contributed by atoms with Gasteiger partial charge < -0.3 is 10.2 Å². The van der Waals surface area contributed by atoms with Gasteiger partial charge in [0.15, 0.2) is 11.6 Å². The third kappa shape index (κ3) is 3.01. The number of hydrogen-bond acceptors (Lipinski definition) is 5. The summed E-state index contributed by atoms with van der Waals surface area (Å²) in [6.45, 7) is 3.86. The molecule has 7 heteroatoms. The van der Waals surface area contributed by atoms with Gasteiger partial charge in [0, 0.05) is 37.0 Å². The fraction of sp³-hybridized carbons (Fsp3) is 0.250. The predicted octanol–water partition coefficient (Wildman–Crippen LogP) is 3.50. The number of aromatic nitrogens is 5. The van der Waals surface area contributed by atoms with Crippen LogP contribution in [0.4, 0.5) is 17.6 Å². The molecule has 1 aromatic carbocycles. The van der Waals surface area contributed by atoms with Crippen LogP contribution in [-0.2, 0) is 0 Å². The number of benzene rings is 1. The summed E-state index contributed by atoms with van der Waals surface area (Å²) in [5, 5.41) is 15.2. The van der Waals surface area contributed by atoms with Crippen LogP contribution in [0.1, 0.15) is 23.6 Å². The minimum absolute atomic E-state index is 0.514. The zero-order valence-corrected chi connectivity index (χ0v) is 15.1. The minimum Gasteiger partial charge on any atom is -0.339 e. The maximum atomic E-state index is 4.82. The van der Waals surface area contributed by atoms with Crippen molar-refractivity contribution in [3.63, 3.8) is 0 Å². The molecule has 0 unspecified atom stereocenters. The van der Waals surface area contributed by atoms with E-state index in [1.165, 1.54) is 5.56 Å². The van der Waals surface area contributed by atoms with Crippen molar-refractivity contribution in [3.05, 3.63) is 66.0 Å². The molecular weight excluding hydrogens is 338 g/mol. The summed E-state index contributed by atoms with van der Waals surface area (Å²) in [4.78, 5) is 7.08. The number of aromatic amines is 1. The number of rotatable bonds is 4. The molecule has 136 valence electrons. The van der Waals surface area contributed by atoms with Gasteiger partial charge in [-0.15, -0.1) is 5.10 Å². The van der Waals surface area contributed by atoms with E-state index in [1.807, 2.05) is 35.8 Å². The van der Waals surface area contributed by atoms with Gasteiger partial charge in [0.1, 0.15) is 5.52 Å². The van der Waals surface area contributed by atoms with E-state index in [0.717, 1.165) is 48.3 Å². The van der Waals surface area contributed by atoms with E-state index in [0.29, 0.717) is 5.92 Å². The standard InChI is InChI=1S/C20H21N7/c1-14-12-18(24-23-14)21-19-17-8-5-10-27(17)25-20(22-19)26-11-9-16(13-26)15-6-3-2-4-7-15/h2-8,10,12,16H,9,11,13H2,1H3,(H2,21,22,23,24,25)/t16-/m0/s1. The SMILES string of the molecule is Cc1cc(Nc2nc(N3CC[C@H](c4ccccc4)C3)nn3cccc23)n[nH]1. The van der Waals surface area contributed by atoms with Crippen LogP contribution in [0.15, 0.2) is 54.7 Å². The molecule has 1 fully saturated rings. The first-order chi connectivity index (χ1) is 13.3. The van der Waals surface area contributed by atoms with Gasteiger partial charge in [0.05, 0.1) is 0 Å². The molecule has 1 atom stereocenters. The molecule has 5 rings (SSSR count). The summed E-state index contributed by atoms with van der Waals surface area (Å²) in [6.07, 6.45) is 3.06. The molecule has 0 spiro atoms. The molecule has 1 aliphatic heterocycles. The lowest BCUT2D eigenvalue weighted by molar-refractivity contribution is 0.768. The molecule has 1 saturated heterocycles. The maximum absolute atomic E-state index is 4.82. The van der Waals surface area contributed by atoms with Gasteiger partial charge in [0.25, 0.3) is 0 Å². The number of nitrogens with one attached hydrogen (secondary N) is 2. The van der Waals surface area contributed by atoms with E-state index in [1.54, 1.807) is 0 Å². The van der Waals surface area contributed by atoms with Crippen molar-refractivity contribution in [2.45, 2.75) is 19.3 Å². The highest BCUT2D eigenvalue weighted by Crippen LogP contribution is 2.30. The van der Waals surface area contributed by atoms with Crippen molar-refractivity contribution < 1.29 is 0 Å². The van der Waals surface area contributed by atoms with Crippen molar-refractivity contribution in [1.82, 2.24) is 24.8 Å². The summed E-state index contributed by atoms with van der Waals surface area (Å²) in [5.74, 6) is 2.77. The minimum atomic E-state index is 0.514. The van der Waals surface area contributed by atoms with Gasteiger partial charge in [-0.1, -0.05) is 30.3 Å². The second kappa shape index (κ2) is 6.42. The molecule has 7 nitrogen and oxygen atoms in total. The smallest absolute Gasteiger partial charge is 0.245 e. The normalized spacial score (nSPS) is 16.9. The topological polar surface area (TPSA) is 74.1 Å². The molecule has 0 aliphatic carbocycles. The largest absolute Gasteiger partial charge is 0.339 e. The molecule has 0 bridgehead atoms. The van der Waals surface area contributed by atoms with Crippen molar-refractivity contribution in [3.8, 4) is 0 Å². The van der Waals surface area contributed by atoms with Gasteiger partial charge in [0.2, 0.25) is 5.95 Å². The summed E-state index contributed by atoms with van der Waals surface area (Å²) in [5.41, 5.74) is 3.31. The first kappa shape index (κ1) is 15.9. The third-order valence-electron chi connectivity index (χ3n) is 5.07. The lowest BCUT2D eigenvalue weighted by Crippen LogP contribution is -2.23. The second-order valence-corrected chi connectivity index (χ2v) is 7.00. The quantitative estimate of drug-likeness (QED) is 0.583. The Kier molecular flexibility index (Phi) is 3.78. The first-order valence-electron chi connectivity index (χ1n) is 9.20. The molecule has 27 heavy (non-hydrogen) atoms. The van der Waals surface area contributed by atoms with E-state index in [2.05, 4.69) is 50.7 Å². The molecular formula is C20H21N7. The van der Waals surface area contributed by atoms with E-state index < -0.39 is 0 Å². The molecule has 1 aliphatic rings. The lowest BCUT2D eigenvalue weighted by Gasteiger charge is -2.18. The number of hydrogen-bond donors (Lipinski definition) is 2. The van der Waals surface area contributed by atoms with Crippen LogP contribution in [-0.4, -0.2) is 37.9 Å². The molecule has 0 saturated carbocycles. The second-order valence-electron chi connectivity index (χ2n) is 7.00. The van der Waals surface area contributed by atoms with Gasteiger partial charge in [-0.2, -0.15) is 10.1 Å². The Morgan fingerprint density at radius 3 is 2.85 bits per heavy atom. The number of anilines is 3. The number of fused-ring (bicyclic) bond motifs is 1. The highest BCUT2D eigenvalue weighted by molar-refractivity contribution is 5.73. The monoisotopic (exact) mass is 359 g/mol. The van der Waals surface area contributed by atoms with Gasteiger partial charge >= 0.3 is 0 Å². The molecule has 4 heterocycles. The summed E-state index contributed by atoms with van der Waals surface area (Å²) >= 11 is 0. The Morgan fingerprint density at radius 1 is 1.15 bits per heavy atom. The predicted molar refractivity (Wildman–Crippen MR) is 106 cm³/mol. The molecule has 4 aromatic rings. The lowest BCUT2D eigenvalue weighted by atomic mass is 9.99. The zero-order valence-electron chi connectivity index (χ0n) is 15.1. The molecule has 2 N–H and O–H groups in total. The summed E-state index contributed by atoms with van der Waals surface area (Å²) in [7, 11) is 0. The molecule has 0 radical (unpaired) electrons. The van der Waals surface area contributed by atoms with E-state index >= 15 is 0 Å². The van der Waals surface area contributed by atoms with Crippen molar-refractivity contribution >= 4 is 23.1 Å². The fourth-order valence-electron chi connectivity index (χ4n) is 3.69. The van der Waals surface area contributed by atoms with Crippen molar-refractivity contribution in [1.29, 1.82) is 0 Å². The van der Waals surface area contributed by atoms with Crippen LogP contribution in [0, 0.1) is 6.92 Å². The molecule has 0 amide bonds. The van der Waals surface area contributed by atoms with E-state index in [9.17, 15) is 0 Å². The van der Waals surface area contributed by atoms with Crippen LogP contribution >= 0.6 is 0 Å². The number of nitrogens with zero attached hydrogens (tertiary/aromatic N) is 5. The summed E-state index contributed by atoms with van der Waals surface area (Å²) < 4.78 is 1.88. The summed E-state index contributed by atoms with van der Waals surface area (Å²) in [6, 6.07) is 16.6. The van der Waals surface area contributed by atoms with Crippen molar-refractivity contribution in [2.75, 3.05) is 23.3 Å². The number of aryl methyl sites for hydroxylation is 1. The van der Waals surface area contributed by atoms with E-state index in [4.69, 9.17) is 10.1 Å². The fourth-order valence-corrected chi connectivity index (χ4v) is 3.69. The highest BCUT2D eigenvalue weighted by atomic mass is 15.4. The Labute approximate surface area is 157 Å². The Balaban J connectivity index is 1.45. The van der Waals surface area contributed by atoms with Crippen LogP contribution in [0.2, 0.25) is 0 Å². The van der Waals surface area contributed by atoms with Crippen LogP contribution in [0.25, 0.3) is 5.52 Å². The zero-order chi connectivity index (χ0) is 18.2. The van der Waals surface area contributed by atoms with Gasteiger partial charge in [-0.25, -0.2) is 4.52 Å².